The molecule has 4 nitrogen and oxygen atoms in total. The quantitative estimate of drug-likeness (QED) is 0.160. The van der Waals surface area contributed by atoms with Gasteiger partial charge in [-0.3, -0.25) is 9.59 Å². The molecule has 0 aliphatic rings. The van der Waals surface area contributed by atoms with E-state index < -0.39 is 5.97 Å². The van der Waals surface area contributed by atoms with E-state index in [2.05, 4.69) is 41.3 Å². The van der Waals surface area contributed by atoms with E-state index in [0.29, 0.717) is 6.42 Å². The van der Waals surface area contributed by atoms with Gasteiger partial charge in [0.2, 0.25) is 5.91 Å². The zero-order valence-electron chi connectivity index (χ0n) is 18.3. The molecule has 28 heavy (non-hydrogen) atoms. The van der Waals surface area contributed by atoms with Gasteiger partial charge in [0.05, 0.1) is 7.11 Å². The number of rotatable bonds is 19. The van der Waals surface area contributed by atoms with Crippen LogP contribution in [0.2, 0.25) is 0 Å². The lowest BCUT2D eigenvalue weighted by Gasteiger charge is -2.02. The Balaban J connectivity index is 3.28. The van der Waals surface area contributed by atoms with Gasteiger partial charge in [-0.05, 0) is 51.4 Å². The Morgan fingerprint density at radius 1 is 0.714 bits per heavy atom. The number of carbonyl (C=O) groups is 2. The van der Waals surface area contributed by atoms with Crippen LogP contribution in [0.4, 0.5) is 0 Å². The molecule has 0 rings (SSSR count). The van der Waals surface area contributed by atoms with Crippen LogP contribution in [0.15, 0.2) is 24.3 Å². The van der Waals surface area contributed by atoms with Gasteiger partial charge in [0.15, 0.2) is 0 Å². The third kappa shape index (κ3) is 20.7. The standard InChI is InChI=1S/C24H43NO3/c1-3-4-5-6-7-8-9-10-11-12-13-14-15-16-17-18-19-20-21-23(26)25-22-24(27)28-2/h8-9,17-18H,3-7,10-16,19-22H2,1-2H3,(H,25,26)/b9-8-,18-17-. The van der Waals surface area contributed by atoms with Gasteiger partial charge in [0.25, 0.3) is 0 Å². The zero-order chi connectivity index (χ0) is 20.7. The number of unbranched alkanes of at least 4 members (excludes halogenated alkanes) is 11. The van der Waals surface area contributed by atoms with Crippen molar-refractivity contribution in [1.82, 2.24) is 5.32 Å². The molecule has 0 saturated heterocycles. The molecule has 0 aliphatic carbocycles. The Morgan fingerprint density at radius 2 is 1.18 bits per heavy atom. The van der Waals surface area contributed by atoms with Gasteiger partial charge >= 0.3 is 5.97 Å². The number of nitrogens with one attached hydrogen (secondary N) is 1. The van der Waals surface area contributed by atoms with E-state index in [1.54, 1.807) is 0 Å². The highest BCUT2D eigenvalue weighted by Gasteiger charge is 2.03. The summed E-state index contributed by atoms with van der Waals surface area (Å²) in [7, 11) is 1.31. The number of allylic oxidation sites excluding steroid dienone is 4. The van der Waals surface area contributed by atoms with Crippen LogP contribution in [-0.2, 0) is 14.3 Å². The third-order valence-corrected chi connectivity index (χ3v) is 4.73. The molecule has 4 heteroatoms. The minimum Gasteiger partial charge on any atom is -0.468 e. The maximum absolute atomic E-state index is 11.5. The van der Waals surface area contributed by atoms with Crippen molar-refractivity contribution < 1.29 is 14.3 Å². The van der Waals surface area contributed by atoms with Crippen LogP contribution in [0, 0.1) is 0 Å². The molecule has 0 spiro atoms. The molecule has 0 radical (unpaired) electrons. The van der Waals surface area contributed by atoms with Crippen molar-refractivity contribution in [3.63, 3.8) is 0 Å². The number of hydrogen-bond acceptors (Lipinski definition) is 3. The van der Waals surface area contributed by atoms with Gasteiger partial charge in [0, 0.05) is 6.42 Å². The molecule has 0 aromatic rings. The van der Waals surface area contributed by atoms with E-state index >= 15 is 0 Å². The molecule has 1 N–H and O–H groups in total. The van der Waals surface area contributed by atoms with Crippen LogP contribution < -0.4 is 5.32 Å². The normalized spacial score (nSPS) is 11.4. The number of esters is 1. The summed E-state index contributed by atoms with van der Waals surface area (Å²) >= 11 is 0. The summed E-state index contributed by atoms with van der Waals surface area (Å²) < 4.78 is 4.47. The number of amides is 1. The highest BCUT2D eigenvalue weighted by atomic mass is 16.5. The molecular formula is C24H43NO3. The van der Waals surface area contributed by atoms with Crippen molar-refractivity contribution in [3.05, 3.63) is 24.3 Å². The smallest absolute Gasteiger partial charge is 0.325 e. The van der Waals surface area contributed by atoms with Crippen molar-refractivity contribution in [2.75, 3.05) is 13.7 Å². The van der Waals surface area contributed by atoms with E-state index in [-0.39, 0.29) is 12.5 Å². The molecule has 0 saturated carbocycles. The fourth-order valence-corrected chi connectivity index (χ4v) is 2.93. The topological polar surface area (TPSA) is 55.4 Å². The molecular weight excluding hydrogens is 350 g/mol. The minimum atomic E-state index is -0.414. The summed E-state index contributed by atoms with van der Waals surface area (Å²) in [5.74, 6) is -0.507. The lowest BCUT2D eigenvalue weighted by molar-refractivity contribution is -0.141. The van der Waals surface area contributed by atoms with Gasteiger partial charge in [-0.1, -0.05) is 69.8 Å². The first kappa shape index (κ1) is 26.4. The van der Waals surface area contributed by atoms with Crippen LogP contribution in [0.3, 0.4) is 0 Å². The number of ether oxygens (including phenoxy) is 1. The van der Waals surface area contributed by atoms with Gasteiger partial charge in [0.1, 0.15) is 6.54 Å². The second-order valence-corrected chi connectivity index (χ2v) is 7.38. The average molecular weight is 394 g/mol. The Labute approximate surface area is 173 Å². The lowest BCUT2D eigenvalue weighted by Crippen LogP contribution is -2.29. The first-order chi connectivity index (χ1) is 13.7. The maximum Gasteiger partial charge on any atom is 0.325 e. The summed E-state index contributed by atoms with van der Waals surface area (Å²) in [6, 6.07) is 0. The average Bonchev–Trinajstić information content (AvgIpc) is 2.71. The molecule has 162 valence electrons. The van der Waals surface area contributed by atoms with Crippen molar-refractivity contribution in [2.45, 2.75) is 103 Å². The van der Waals surface area contributed by atoms with E-state index in [0.717, 1.165) is 19.3 Å². The van der Waals surface area contributed by atoms with E-state index in [1.807, 2.05) is 0 Å². The maximum atomic E-state index is 11.5. The van der Waals surface area contributed by atoms with E-state index in [9.17, 15) is 9.59 Å². The number of methoxy groups -OCH3 is 1. The molecule has 0 aromatic carbocycles. The number of hydrogen-bond donors (Lipinski definition) is 1. The summed E-state index contributed by atoms with van der Waals surface area (Å²) in [5.41, 5.74) is 0. The Hall–Kier alpha value is -1.58. The van der Waals surface area contributed by atoms with E-state index in [1.165, 1.54) is 77.7 Å². The summed E-state index contributed by atoms with van der Waals surface area (Å²) in [6.07, 6.45) is 26.9. The summed E-state index contributed by atoms with van der Waals surface area (Å²) in [5, 5.41) is 2.55. The first-order valence-electron chi connectivity index (χ1n) is 11.3. The summed E-state index contributed by atoms with van der Waals surface area (Å²) in [4.78, 5) is 22.4. The highest BCUT2D eigenvalue weighted by molar-refractivity contribution is 5.81. The minimum absolute atomic E-state index is 0.0412. The SMILES string of the molecule is CCCCCC/C=C\CCCCCCC/C=C\CCCC(=O)NCC(=O)OC. The van der Waals surface area contributed by atoms with Crippen LogP contribution in [0.25, 0.3) is 0 Å². The van der Waals surface area contributed by atoms with Gasteiger partial charge in [-0.2, -0.15) is 0 Å². The van der Waals surface area contributed by atoms with Crippen molar-refractivity contribution >= 4 is 11.9 Å². The Morgan fingerprint density at radius 3 is 1.68 bits per heavy atom. The predicted octanol–water partition coefficient (Wildman–Crippen LogP) is 6.26. The molecule has 1 amide bonds. The second kappa shape index (κ2) is 21.7. The van der Waals surface area contributed by atoms with Crippen LogP contribution in [0.5, 0.6) is 0 Å². The van der Waals surface area contributed by atoms with Crippen LogP contribution >= 0.6 is 0 Å². The highest BCUT2D eigenvalue weighted by Crippen LogP contribution is 2.09. The molecule has 0 bridgehead atoms. The predicted molar refractivity (Wildman–Crippen MR) is 118 cm³/mol. The summed E-state index contributed by atoms with van der Waals surface area (Å²) in [6.45, 7) is 2.22. The monoisotopic (exact) mass is 393 g/mol. The van der Waals surface area contributed by atoms with Crippen LogP contribution in [-0.4, -0.2) is 25.5 Å². The fraction of sp³-hybridized carbons (Fsp3) is 0.750. The molecule has 0 unspecified atom stereocenters. The molecule has 0 fully saturated rings. The molecule has 0 atom stereocenters. The Bertz CT molecular complexity index is 430. The van der Waals surface area contributed by atoms with Crippen LogP contribution in [0.1, 0.15) is 103 Å². The van der Waals surface area contributed by atoms with Gasteiger partial charge < -0.3 is 10.1 Å². The first-order valence-corrected chi connectivity index (χ1v) is 11.3. The van der Waals surface area contributed by atoms with Crippen molar-refractivity contribution in [3.8, 4) is 0 Å². The lowest BCUT2D eigenvalue weighted by atomic mass is 10.1. The largest absolute Gasteiger partial charge is 0.468 e. The van der Waals surface area contributed by atoms with Crippen molar-refractivity contribution in [2.24, 2.45) is 0 Å². The van der Waals surface area contributed by atoms with E-state index in [4.69, 9.17) is 0 Å². The molecule has 0 heterocycles. The Kier molecular flexibility index (Phi) is 20.5. The van der Waals surface area contributed by atoms with Gasteiger partial charge in [-0.15, -0.1) is 0 Å². The third-order valence-electron chi connectivity index (χ3n) is 4.73. The molecule has 0 aliphatic heterocycles. The number of carbonyl (C=O) groups excluding carboxylic acids is 2. The zero-order valence-corrected chi connectivity index (χ0v) is 18.3. The second-order valence-electron chi connectivity index (χ2n) is 7.38. The molecule has 0 aromatic heterocycles. The fourth-order valence-electron chi connectivity index (χ4n) is 2.93. The van der Waals surface area contributed by atoms with Gasteiger partial charge in [-0.25, -0.2) is 0 Å². The van der Waals surface area contributed by atoms with Crippen molar-refractivity contribution in [1.29, 1.82) is 0 Å².